The molecule has 2 aromatic rings. The van der Waals surface area contributed by atoms with E-state index in [1.54, 1.807) is 6.20 Å². The Balaban J connectivity index is 2.17. The Kier molecular flexibility index (Phi) is 4.74. The molecular formula is C11H13BrN4O2S2. The van der Waals surface area contributed by atoms with Crippen LogP contribution in [0.1, 0.15) is 16.8 Å². The lowest BCUT2D eigenvalue weighted by molar-refractivity contribution is 0.581. The highest BCUT2D eigenvalue weighted by Crippen LogP contribution is 2.21. The molecule has 0 atom stereocenters. The number of halogens is 1. The van der Waals surface area contributed by atoms with Gasteiger partial charge in [-0.05, 0) is 28.4 Å². The molecule has 0 spiro atoms. The van der Waals surface area contributed by atoms with E-state index in [-0.39, 0.29) is 17.3 Å². The van der Waals surface area contributed by atoms with Crippen molar-refractivity contribution >= 4 is 43.1 Å². The van der Waals surface area contributed by atoms with E-state index < -0.39 is 10.0 Å². The van der Waals surface area contributed by atoms with E-state index in [1.807, 2.05) is 6.92 Å². The number of anilines is 1. The first kappa shape index (κ1) is 15.4. The van der Waals surface area contributed by atoms with Gasteiger partial charge >= 0.3 is 0 Å². The van der Waals surface area contributed by atoms with E-state index in [9.17, 15) is 8.42 Å². The van der Waals surface area contributed by atoms with Gasteiger partial charge in [-0.15, -0.1) is 11.3 Å². The van der Waals surface area contributed by atoms with Gasteiger partial charge < -0.3 is 5.73 Å². The minimum absolute atomic E-state index is 0.0333. The summed E-state index contributed by atoms with van der Waals surface area (Å²) < 4.78 is 27.4. The molecule has 0 unspecified atom stereocenters. The summed E-state index contributed by atoms with van der Waals surface area (Å²) in [6.07, 6.45) is 4.08. The van der Waals surface area contributed by atoms with Crippen molar-refractivity contribution in [3.05, 3.63) is 32.8 Å². The van der Waals surface area contributed by atoms with E-state index in [2.05, 4.69) is 30.6 Å². The quantitative estimate of drug-likeness (QED) is 0.830. The first-order valence-electron chi connectivity index (χ1n) is 5.76. The average molecular weight is 377 g/mol. The van der Waals surface area contributed by atoms with E-state index in [4.69, 9.17) is 5.73 Å². The van der Waals surface area contributed by atoms with E-state index >= 15 is 0 Å². The fourth-order valence-electron chi connectivity index (χ4n) is 1.47. The van der Waals surface area contributed by atoms with Crippen LogP contribution in [0, 0.1) is 0 Å². The van der Waals surface area contributed by atoms with Crippen molar-refractivity contribution in [2.45, 2.75) is 24.8 Å². The predicted molar refractivity (Wildman–Crippen MR) is 81.9 cm³/mol. The molecule has 0 aromatic carbocycles. The summed E-state index contributed by atoms with van der Waals surface area (Å²) in [7, 11) is -3.71. The van der Waals surface area contributed by atoms with E-state index in [0.29, 0.717) is 9.48 Å². The first-order chi connectivity index (χ1) is 9.42. The maximum absolute atomic E-state index is 12.2. The summed E-state index contributed by atoms with van der Waals surface area (Å²) in [5.74, 6) is -0.0333. The zero-order valence-electron chi connectivity index (χ0n) is 10.6. The Morgan fingerprint density at radius 3 is 2.80 bits per heavy atom. The molecule has 0 saturated heterocycles. The number of nitrogens with zero attached hydrogens (tertiary/aromatic N) is 2. The van der Waals surface area contributed by atoms with Crippen LogP contribution < -0.4 is 10.5 Å². The third-order valence-corrected chi connectivity index (χ3v) is 5.51. The molecule has 108 valence electrons. The van der Waals surface area contributed by atoms with Gasteiger partial charge in [0, 0.05) is 21.7 Å². The van der Waals surface area contributed by atoms with Crippen LogP contribution in [-0.2, 0) is 23.0 Å². The Morgan fingerprint density at radius 1 is 1.40 bits per heavy atom. The number of hydrogen-bond acceptors (Lipinski definition) is 6. The molecule has 2 heterocycles. The van der Waals surface area contributed by atoms with Gasteiger partial charge in [0.1, 0.15) is 15.7 Å². The highest BCUT2D eigenvalue weighted by molar-refractivity contribution is 9.10. The number of thiazole rings is 1. The number of aromatic nitrogens is 2. The SMILES string of the molecule is CCc1cnc(CNS(=O)(=O)c2cc(Br)cnc2N)s1. The number of nitrogens with one attached hydrogen (secondary N) is 1. The number of nitrogen functional groups attached to an aromatic ring is 1. The number of sulfonamides is 1. The largest absolute Gasteiger partial charge is 0.383 e. The Morgan fingerprint density at radius 2 is 2.15 bits per heavy atom. The molecule has 3 N–H and O–H groups in total. The third kappa shape index (κ3) is 3.54. The van der Waals surface area contributed by atoms with Gasteiger partial charge in [-0.3, -0.25) is 0 Å². The van der Waals surface area contributed by atoms with Gasteiger partial charge in [-0.2, -0.15) is 0 Å². The second kappa shape index (κ2) is 6.17. The summed E-state index contributed by atoms with van der Waals surface area (Å²) in [5, 5.41) is 0.715. The minimum atomic E-state index is -3.71. The van der Waals surface area contributed by atoms with Crippen molar-refractivity contribution in [1.82, 2.24) is 14.7 Å². The van der Waals surface area contributed by atoms with Crippen LogP contribution in [0.15, 0.2) is 27.8 Å². The van der Waals surface area contributed by atoms with Crippen LogP contribution >= 0.6 is 27.3 Å². The van der Waals surface area contributed by atoms with Crippen molar-refractivity contribution in [2.24, 2.45) is 0 Å². The molecule has 0 saturated carbocycles. The molecule has 6 nitrogen and oxygen atoms in total. The predicted octanol–water partition coefficient (Wildman–Crippen LogP) is 1.92. The summed E-state index contributed by atoms with van der Waals surface area (Å²) >= 11 is 4.66. The summed E-state index contributed by atoms with van der Waals surface area (Å²) in [6.45, 7) is 2.16. The summed E-state index contributed by atoms with van der Waals surface area (Å²) in [4.78, 5) is 9.05. The maximum atomic E-state index is 12.2. The van der Waals surface area contributed by atoms with Gasteiger partial charge in [0.05, 0.1) is 6.54 Å². The maximum Gasteiger partial charge on any atom is 0.244 e. The minimum Gasteiger partial charge on any atom is -0.383 e. The molecule has 0 aliphatic rings. The Bertz CT molecular complexity index is 715. The lowest BCUT2D eigenvalue weighted by atomic mass is 10.4. The molecule has 0 amide bonds. The molecule has 0 radical (unpaired) electrons. The molecule has 20 heavy (non-hydrogen) atoms. The molecular weight excluding hydrogens is 364 g/mol. The summed E-state index contributed by atoms with van der Waals surface area (Å²) in [5.41, 5.74) is 5.61. The second-order valence-corrected chi connectivity index (χ2v) is 7.79. The molecule has 0 aliphatic heterocycles. The molecule has 0 aliphatic carbocycles. The zero-order chi connectivity index (χ0) is 14.8. The fraction of sp³-hybridized carbons (Fsp3) is 0.273. The van der Waals surface area contributed by atoms with Crippen molar-refractivity contribution in [2.75, 3.05) is 5.73 Å². The topological polar surface area (TPSA) is 98.0 Å². The average Bonchev–Trinajstić information content (AvgIpc) is 2.87. The number of nitrogens with two attached hydrogens (primary N) is 1. The zero-order valence-corrected chi connectivity index (χ0v) is 13.8. The third-order valence-electron chi connectivity index (χ3n) is 2.50. The smallest absolute Gasteiger partial charge is 0.244 e. The van der Waals surface area contributed by atoms with Gasteiger partial charge in [-0.1, -0.05) is 6.92 Å². The highest BCUT2D eigenvalue weighted by atomic mass is 79.9. The fourth-order valence-corrected chi connectivity index (χ4v) is 3.94. The second-order valence-electron chi connectivity index (χ2n) is 3.94. The number of aryl methyl sites for hydroxylation is 1. The number of hydrogen-bond donors (Lipinski definition) is 2. The molecule has 0 fully saturated rings. The van der Waals surface area contributed by atoms with Crippen LogP contribution in [0.5, 0.6) is 0 Å². The molecule has 9 heteroatoms. The molecule has 0 bridgehead atoms. The van der Waals surface area contributed by atoms with Gasteiger partial charge in [0.25, 0.3) is 0 Å². The normalized spacial score (nSPS) is 11.7. The van der Waals surface area contributed by atoms with Gasteiger partial charge in [0.15, 0.2) is 0 Å². The van der Waals surface area contributed by atoms with Crippen LogP contribution in [0.25, 0.3) is 0 Å². The van der Waals surface area contributed by atoms with Gasteiger partial charge in [0.2, 0.25) is 10.0 Å². The summed E-state index contributed by atoms with van der Waals surface area (Å²) in [6, 6.07) is 1.42. The lowest BCUT2D eigenvalue weighted by Gasteiger charge is -2.07. The lowest BCUT2D eigenvalue weighted by Crippen LogP contribution is -2.24. The number of rotatable bonds is 5. The highest BCUT2D eigenvalue weighted by Gasteiger charge is 2.19. The standard InChI is InChI=1S/C11H13BrN4O2S2/c1-2-8-5-14-10(19-8)6-16-20(17,18)9-3-7(12)4-15-11(9)13/h3-5,16H,2,6H2,1H3,(H2,13,15). The van der Waals surface area contributed by atoms with E-state index in [0.717, 1.165) is 11.3 Å². The van der Waals surface area contributed by atoms with Crippen LogP contribution in [-0.4, -0.2) is 18.4 Å². The van der Waals surface area contributed by atoms with Crippen molar-refractivity contribution in [1.29, 1.82) is 0 Å². The van der Waals surface area contributed by atoms with Crippen LogP contribution in [0.4, 0.5) is 5.82 Å². The van der Waals surface area contributed by atoms with E-state index in [1.165, 1.54) is 23.6 Å². The van der Waals surface area contributed by atoms with Crippen LogP contribution in [0.2, 0.25) is 0 Å². The van der Waals surface area contributed by atoms with Crippen LogP contribution in [0.3, 0.4) is 0 Å². The van der Waals surface area contributed by atoms with Gasteiger partial charge in [-0.25, -0.2) is 23.1 Å². The Labute approximate surface area is 129 Å². The first-order valence-corrected chi connectivity index (χ1v) is 8.86. The Hall–Kier alpha value is -1.03. The van der Waals surface area contributed by atoms with Crippen molar-refractivity contribution in [3.63, 3.8) is 0 Å². The molecule has 2 rings (SSSR count). The molecule has 2 aromatic heterocycles. The monoisotopic (exact) mass is 376 g/mol. The van der Waals surface area contributed by atoms with Crippen molar-refractivity contribution < 1.29 is 8.42 Å². The number of pyridine rings is 1. The van der Waals surface area contributed by atoms with Crippen molar-refractivity contribution in [3.8, 4) is 0 Å².